The second-order valence-electron chi connectivity index (χ2n) is 5.82. The number of hydrogen-bond donors (Lipinski definition) is 4. The van der Waals surface area contributed by atoms with E-state index in [4.69, 9.17) is 22.3 Å². The van der Waals surface area contributed by atoms with Gasteiger partial charge in [0, 0.05) is 25.0 Å². The van der Waals surface area contributed by atoms with E-state index in [-0.39, 0.29) is 5.96 Å². The molecule has 0 aromatic carbocycles. The average molecular weight is 336 g/mol. The second-order valence-corrected chi connectivity index (χ2v) is 5.82. The lowest BCUT2D eigenvalue weighted by Gasteiger charge is -2.18. The highest BCUT2D eigenvalue weighted by atomic mass is 16.4. The summed E-state index contributed by atoms with van der Waals surface area (Å²) in [6.45, 7) is 1.64. The molecule has 1 fully saturated rings. The summed E-state index contributed by atoms with van der Waals surface area (Å²) in [6, 6.07) is 3.97. The van der Waals surface area contributed by atoms with Crippen molar-refractivity contribution in [2.24, 2.45) is 22.2 Å². The molecule has 0 spiro atoms. The topological polar surface area (TPSA) is 144 Å². The molecule has 1 aliphatic rings. The Morgan fingerprint density at radius 2 is 2.29 bits per heavy atom. The summed E-state index contributed by atoms with van der Waals surface area (Å²) >= 11 is 0. The molecule has 0 bridgehead atoms. The Bertz CT molecular complexity index is 519. The van der Waals surface area contributed by atoms with E-state index in [0.29, 0.717) is 25.4 Å². The molecule has 134 valence electrons. The summed E-state index contributed by atoms with van der Waals surface area (Å²) in [5.41, 5.74) is 16.7. The number of aromatic nitrogens is 1. The van der Waals surface area contributed by atoms with Gasteiger partial charge in [-0.3, -0.25) is 19.7 Å². The molecule has 1 aromatic heterocycles. The minimum atomic E-state index is -1.00. The van der Waals surface area contributed by atoms with Gasteiger partial charge in [0.15, 0.2) is 5.96 Å². The van der Waals surface area contributed by atoms with Crippen molar-refractivity contribution in [3.05, 3.63) is 30.1 Å². The number of guanidine groups is 1. The quantitative estimate of drug-likeness (QED) is 0.332. The van der Waals surface area contributed by atoms with Gasteiger partial charge in [0.2, 0.25) is 0 Å². The van der Waals surface area contributed by atoms with Gasteiger partial charge < -0.3 is 22.3 Å². The number of nitrogens with zero attached hydrogens (tertiary/aromatic N) is 3. The maximum atomic E-state index is 10.2. The molecule has 0 saturated carbocycles. The van der Waals surface area contributed by atoms with Crippen molar-refractivity contribution in [2.75, 3.05) is 20.1 Å². The SMILES string of the molecule is CN1CCCC1c1cccnc1.NC(N)=NCCCC(N)C(=O)O. The van der Waals surface area contributed by atoms with Crippen molar-refractivity contribution < 1.29 is 9.90 Å². The van der Waals surface area contributed by atoms with Crippen LogP contribution >= 0.6 is 0 Å². The van der Waals surface area contributed by atoms with Crippen LogP contribution in [-0.4, -0.2) is 53.1 Å². The summed E-state index contributed by atoms with van der Waals surface area (Å²) in [5.74, 6) is -0.987. The van der Waals surface area contributed by atoms with E-state index in [9.17, 15) is 4.79 Å². The maximum absolute atomic E-state index is 10.2. The Balaban J connectivity index is 0.000000240. The fourth-order valence-electron chi connectivity index (χ4n) is 2.55. The molecule has 2 unspecified atom stereocenters. The van der Waals surface area contributed by atoms with Crippen molar-refractivity contribution in [2.45, 2.75) is 37.8 Å². The van der Waals surface area contributed by atoms with E-state index in [0.717, 1.165) is 0 Å². The minimum Gasteiger partial charge on any atom is -0.480 e. The number of carboxylic acid groups (broad SMARTS) is 1. The predicted molar refractivity (Wildman–Crippen MR) is 94.4 cm³/mol. The Kier molecular flexibility index (Phi) is 8.74. The van der Waals surface area contributed by atoms with Crippen LogP contribution < -0.4 is 17.2 Å². The first-order chi connectivity index (χ1) is 11.4. The zero-order chi connectivity index (χ0) is 17.9. The summed E-state index contributed by atoms with van der Waals surface area (Å²) in [7, 11) is 2.19. The lowest BCUT2D eigenvalue weighted by molar-refractivity contribution is -0.138. The first-order valence-corrected chi connectivity index (χ1v) is 8.05. The molecule has 0 aliphatic carbocycles. The first kappa shape index (κ1) is 19.9. The smallest absolute Gasteiger partial charge is 0.320 e. The molecular formula is C16H28N6O2. The fourth-order valence-corrected chi connectivity index (χ4v) is 2.55. The highest BCUT2D eigenvalue weighted by Crippen LogP contribution is 2.29. The highest BCUT2D eigenvalue weighted by Gasteiger charge is 2.21. The van der Waals surface area contributed by atoms with Crippen molar-refractivity contribution in [3.8, 4) is 0 Å². The molecule has 2 rings (SSSR count). The molecule has 7 N–H and O–H groups in total. The number of nitrogens with two attached hydrogens (primary N) is 3. The van der Waals surface area contributed by atoms with Crippen LogP contribution in [0.15, 0.2) is 29.5 Å². The van der Waals surface area contributed by atoms with Crippen molar-refractivity contribution in [1.29, 1.82) is 0 Å². The summed E-state index contributed by atoms with van der Waals surface area (Å²) in [5, 5.41) is 8.38. The van der Waals surface area contributed by atoms with Gasteiger partial charge in [-0.2, -0.15) is 0 Å². The zero-order valence-corrected chi connectivity index (χ0v) is 14.1. The van der Waals surface area contributed by atoms with E-state index in [1.807, 2.05) is 18.5 Å². The third kappa shape index (κ3) is 7.38. The van der Waals surface area contributed by atoms with E-state index >= 15 is 0 Å². The molecule has 24 heavy (non-hydrogen) atoms. The molecule has 2 heterocycles. The summed E-state index contributed by atoms with van der Waals surface area (Å²) in [6.07, 6.45) is 7.36. The molecule has 0 amide bonds. The van der Waals surface area contributed by atoms with E-state index in [1.165, 1.54) is 24.9 Å². The number of rotatable bonds is 6. The van der Waals surface area contributed by atoms with E-state index < -0.39 is 12.0 Å². The van der Waals surface area contributed by atoms with Gasteiger partial charge in [-0.25, -0.2) is 0 Å². The average Bonchev–Trinajstić information content (AvgIpc) is 2.98. The lowest BCUT2D eigenvalue weighted by atomic mass is 10.1. The Labute approximate surface area is 142 Å². The fraction of sp³-hybridized carbons (Fsp3) is 0.562. The Morgan fingerprint density at radius 1 is 1.54 bits per heavy atom. The van der Waals surface area contributed by atoms with Crippen molar-refractivity contribution in [3.63, 3.8) is 0 Å². The van der Waals surface area contributed by atoms with Crippen LogP contribution in [0.1, 0.15) is 37.3 Å². The van der Waals surface area contributed by atoms with E-state index in [2.05, 4.69) is 28.0 Å². The number of hydrogen-bond acceptors (Lipinski definition) is 5. The molecule has 8 heteroatoms. The van der Waals surface area contributed by atoms with Crippen LogP contribution in [0.3, 0.4) is 0 Å². The lowest BCUT2D eigenvalue weighted by Crippen LogP contribution is -2.30. The maximum Gasteiger partial charge on any atom is 0.320 e. The van der Waals surface area contributed by atoms with Crippen LogP contribution in [0.4, 0.5) is 0 Å². The van der Waals surface area contributed by atoms with Gasteiger partial charge in [0.05, 0.1) is 0 Å². The second kappa shape index (κ2) is 10.6. The van der Waals surface area contributed by atoms with Crippen LogP contribution in [-0.2, 0) is 4.79 Å². The van der Waals surface area contributed by atoms with Crippen molar-refractivity contribution in [1.82, 2.24) is 9.88 Å². The molecular weight excluding hydrogens is 308 g/mol. The number of pyridine rings is 1. The molecule has 0 radical (unpaired) electrons. The largest absolute Gasteiger partial charge is 0.480 e. The van der Waals surface area contributed by atoms with Crippen LogP contribution in [0.5, 0.6) is 0 Å². The molecule has 1 aliphatic heterocycles. The van der Waals surface area contributed by atoms with Gasteiger partial charge >= 0.3 is 5.97 Å². The Morgan fingerprint density at radius 3 is 2.79 bits per heavy atom. The predicted octanol–water partition coefficient (Wildman–Crippen LogP) is 0.300. The van der Waals surface area contributed by atoms with E-state index in [1.54, 1.807) is 0 Å². The van der Waals surface area contributed by atoms with Crippen LogP contribution in [0, 0.1) is 0 Å². The molecule has 1 saturated heterocycles. The third-order valence-electron chi connectivity index (χ3n) is 3.87. The highest BCUT2D eigenvalue weighted by molar-refractivity contribution is 5.75. The molecule has 8 nitrogen and oxygen atoms in total. The minimum absolute atomic E-state index is 0.0129. The number of carboxylic acids is 1. The summed E-state index contributed by atoms with van der Waals surface area (Å²) in [4.78, 5) is 20.4. The van der Waals surface area contributed by atoms with Gasteiger partial charge in [-0.15, -0.1) is 0 Å². The first-order valence-electron chi connectivity index (χ1n) is 8.05. The van der Waals surface area contributed by atoms with Gasteiger partial charge in [-0.05, 0) is 50.9 Å². The van der Waals surface area contributed by atoms with Crippen molar-refractivity contribution >= 4 is 11.9 Å². The number of carbonyl (C=O) groups is 1. The molecule has 1 aromatic rings. The number of aliphatic imine (C=N–C) groups is 1. The Hall–Kier alpha value is -2.19. The number of likely N-dealkylation sites (tertiary alicyclic amines) is 1. The van der Waals surface area contributed by atoms with Gasteiger partial charge in [0.25, 0.3) is 0 Å². The van der Waals surface area contributed by atoms with Crippen LogP contribution in [0.25, 0.3) is 0 Å². The number of aliphatic carboxylic acids is 1. The van der Waals surface area contributed by atoms with Crippen LogP contribution in [0.2, 0.25) is 0 Å². The monoisotopic (exact) mass is 336 g/mol. The van der Waals surface area contributed by atoms with Gasteiger partial charge in [-0.1, -0.05) is 6.07 Å². The normalized spacial score (nSPS) is 18.3. The third-order valence-corrected chi connectivity index (χ3v) is 3.87. The molecule has 2 atom stereocenters. The standard InChI is InChI=1S/C10H14N2.C6H14N4O2/c1-12-7-3-5-10(12)9-4-2-6-11-8-9;7-4(5(11)12)2-1-3-10-6(8)9/h2,4,6,8,10H,3,5,7H2,1H3;4H,1-3,7H2,(H,11,12)(H4,8,9,10). The zero-order valence-electron chi connectivity index (χ0n) is 14.1. The van der Waals surface area contributed by atoms with Gasteiger partial charge in [0.1, 0.15) is 6.04 Å². The summed E-state index contributed by atoms with van der Waals surface area (Å²) < 4.78 is 0.